The Balaban J connectivity index is 2.67. The number of rotatable bonds is 5. The number of aromatic nitrogens is 2. The van der Waals surface area contributed by atoms with Crippen LogP contribution in [0.3, 0.4) is 0 Å². The predicted molar refractivity (Wildman–Crippen MR) is 65.1 cm³/mol. The quantitative estimate of drug-likeness (QED) is 0.727. The highest BCUT2D eigenvalue weighted by molar-refractivity contribution is 5.95. The van der Waals surface area contributed by atoms with Gasteiger partial charge in [-0.1, -0.05) is 13.8 Å². The molecule has 98 valence electrons. The minimum atomic E-state index is -1.23. The topological polar surface area (TPSA) is 104 Å². The van der Waals surface area contributed by atoms with Gasteiger partial charge in [-0.05, 0) is 12.3 Å². The number of nitrogens with zero attached hydrogens (tertiary/aromatic N) is 2. The molecule has 1 rings (SSSR count). The van der Waals surface area contributed by atoms with Crippen molar-refractivity contribution in [2.75, 3.05) is 5.32 Å². The van der Waals surface area contributed by atoms with Crippen LogP contribution in [-0.2, 0) is 4.79 Å². The summed E-state index contributed by atoms with van der Waals surface area (Å²) in [5.41, 5.74) is 0. The van der Waals surface area contributed by atoms with E-state index in [1.165, 1.54) is 18.6 Å². The van der Waals surface area contributed by atoms with Crippen LogP contribution in [0.15, 0.2) is 18.6 Å². The normalized spacial score (nSPS) is 11.9. The fourth-order valence-electron chi connectivity index (χ4n) is 1.43. The Morgan fingerprint density at radius 2 is 2.11 bits per heavy atom. The molecule has 0 aromatic carbocycles. The maximum atomic E-state index is 11.9. The Morgan fingerprint density at radius 1 is 1.39 bits per heavy atom. The Kier molecular flexibility index (Phi) is 5.04. The van der Waals surface area contributed by atoms with E-state index in [0.29, 0.717) is 12.2 Å². The summed E-state index contributed by atoms with van der Waals surface area (Å²) in [5.74, 6) is 0.0458. The van der Waals surface area contributed by atoms with Gasteiger partial charge in [0, 0.05) is 12.4 Å². The third kappa shape index (κ3) is 4.77. The molecule has 0 spiro atoms. The standard InChI is InChI=1S/C11H16N4O3/c1-7(2)5-8(14-11(17)18)10(16)15-9-6-12-3-4-13-9/h3-4,6-8,14H,5H2,1-2H3,(H,17,18)(H,13,15,16)/t8-/m0/s1. The minimum Gasteiger partial charge on any atom is -0.465 e. The highest BCUT2D eigenvalue weighted by Gasteiger charge is 2.21. The van der Waals surface area contributed by atoms with E-state index in [-0.39, 0.29) is 5.92 Å². The second-order valence-corrected chi connectivity index (χ2v) is 4.21. The maximum Gasteiger partial charge on any atom is 0.405 e. The fraction of sp³-hybridized carbons (Fsp3) is 0.455. The molecule has 0 fully saturated rings. The van der Waals surface area contributed by atoms with Crippen LogP contribution in [0.5, 0.6) is 0 Å². The van der Waals surface area contributed by atoms with Crippen molar-refractivity contribution in [3.63, 3.8) is 0 Å². The number of hydrogen-bond donors (Lipinski definition) is 3. The number of carbonyl (C=O) groups is 2. The number of carboxylic acid groups (broad SMARTS) is 1. The summed E-state index contributed by atoms with van der Waals surface area (Å²) in [7, 11) is 0. The number of carbonyl (C=O) groups excluding carboxylic acids is 1. The van der Waals surface area contributed by atoms with Crippen LogP contribution in [0, 0.1) is 5.92 Å². The average molecular weight is 252 g/mol. The van der Waals surface area contributed by atoms with Crippen molar-refractivity contribution in [2.45, 2.75) is 26.3 Å². The zero-order valence-electron chi connectivity index (χ0n) is 10.3. The number of anilines is 1. The molecular weight excluding hydrogens is 236 g/mol. The molecule has 0 saturated heterocycles. The van der Waals surface area contributed by atoms with Crippen LogP contribution in [0.2, 0.25) is 0 Å². The number of amides is 2. The third-order valence-electron chi connectivity index (χ3n) is 2.14. The van der Waals surface area contributed by atoms with Gasteiger partial charge in [0.05, 0.1) is 6.20 Å². The Morgan fingerprint density at radius 3 is 2.61 bits per heavy atom. The maximum absolute atomic E-state index is 11.9. The highest BCUT2D eigenvalue weighted by atomic mass is 16.4. The minimum absolute atomic E-state index is 0.189. The van der Waals surface area contributed by atoms with Gasteiger partial charge in [0.1, 0.15) is 6.04 Å². The van der Waals surface area contributed by atoms with Gasteiger partial charge in [0.2, 0.25) is 5.91 Å². The van der Waals surface area contributed by atoms with Gasteiger partial charge in [-0.15, -0.1) is 0 Å². The summed E-state index contributed by atoms with van der Waals surface area (Å²) in [6, 6.07) is -0.801. The predicted octanol–water partition coefficient (Wildman–Crippen LogP) is 1.10. The van der Waals surface area contributed by atoms with Gasteiger partial charge in [-0.3, -0.25) is 9.78 Å². The number of nitrogens with one attached hydrogen (secondary N) is 2. The zero-order valence-corrected chi connectivity index (χ0v) is 10.3. The van der Waals surface area contributed by atoms with Crippen LogP contribution in [0.25, 0.3) is 0 Å². The Hall–Kier alpha value is -2.18. The molecule has 0 aliphatic carbocycles. The van der Waals surface area contributed by atoms with Crippen molar-refractivity contribution in [3.8, 4) is 0 Å². The summed E-state index contributed by atoms with van der Waals surface area (Å²) >= 11 is 0. The van der Waals surface area contributed by atoms with Gasteiger partial charge in [0.25, 0.3) is 0 Å². The number of hydrogen-bond acceptors (Lipinski definition) is 4. The lowest BCUT2D eigenvalue weighted by atomic mass is 10.0. The van der Waals surface area contributed by atoms with Crippen molar-refractivity contribution in [1.82, 2.24) is 15.3 Å². The lowest BCUT2D eigenvalue weighted by Crippen LogP contribution is -2.44. The van der Waals surface area contributed by atoms with Crippen molar-refractivity contribution < 1.29 is 14.7 Å². The van der Waals surface area contributed by atoms with Gasteiger partial charge >= 0.3 is 6.09 Å². The molecule has 1 atom stereocenters. The Labute approximate surface area is 105 Å². The van der Waals surface area contributed by atoms with Crippen LogP contribution >= 0.6 is 0 Å². The lowest BCUT2D eigenvalue weighted by molar-refractivity contribution is -0.118. The summed E-state index contributed by atoms with van der Waals surface area (Å²) in [5, 5.41) is 13.4. The second kappa shape index (κ2) is 6.53. The van der Waals surface area contributed by atoms with Crippen LogP contribution < -0.4 is 10.6 Å². The van der Waals surface area contributed by atoms with E-state index in [0.717, 1.165) is 0 Å². The molecule has 0 saturated carbocycles. The van der Waals surface area contributed by atoms with Crippen molar-refractivity contribution in [1.29, 1.82) is 0 Å². The zero-order chi connectivity index (χ0) is 13.5. The van der Waals surface area contributed by atoms with Crippen molar-refractivity contribution in [3.05, 3.63) is 18.6 Å². The molecule has 0 bridgehead atoms. The molecule has 1 heterocycles. The molecule has 0 radical (unpaired) electrons. The molecule has 3 N–H and O–H groups in total. The van der Waals surface area contributed by atoms with Crippen LogP contribution in [-0.4, -0.2) is 33.1 Å². The molecule has 0 aliphatic rings. The summed E-state index contributed by atoms with van der Waals surface area (Å²) in [4.78, 5) is 30.2. The van der Waals surface area contributed by atoms with Gasteiger partial charge < -0.3 is 15.7 Å². The van der Waals surface area contributed by atoms with E-state index in [1.54, 1.807) is 0 Å². The molecule has 7 nitrogen and oxygen atoms in total. The second-order valence-electron chi connectivity index (χ2n) is 4.21. The first-order valence-corrected chi connectivity index (χ1v) is 5.55. The lowest BCUT2D eigenvalue weighted by Gasteiger charge is -2.17. The molecule has 0 unspecified atom stereocenters. The molecule has 7 heteroatoms. The smallest absolute Gasteiger partial charge is 0.405 e. The van der Waals surface area contributed by atoms with Crippen LogP contribution in [0.4, 0.5) is 10.6 Å². The van der Waals surface area contributed by atoms with E-state index >= 15 is 0 Å². The van der Waals surface area contributed by atoms with Gasteiger partial charge in [-0.2, -0.15) is 0 Å². The first kappa shape index (κ1) is 13.9. The Bertz CT molecular complexity index is 408. The first-order chi connectivity index (χ1) is 8.49. The molecule has 2 amide bonds. The fourth-order valence-corrected chi connectivity index (χ4v) is 1.43. The SMILES string of the molecule is CC(C)C[C@H](NC(=O)O)C(=O)Nc1cnccn1. The summed E-state index contributed by atoms with van der Waals surface area (Å²) < 4.78 is 0. The van der Waals surface area contributed by atoms with Crippen molar-refractivity contribution >= 4 is 17.8 Å². The van der Waals surface area contributed by atoms with E-state index in [4.69, 9.17) is 5.11 Å². The monoisotopic (exact) mass is 252 g/mol. The molecule has 1 aromatic heterocycles. The largest absolute Gasteiger partial charge is 0.465 e. The van der Waals surface area contributed by atoms with E-state index in [1.807, 2.05) is 13.8 Å². The van der Waals surface area contributed by atoms with Gasteiger partial charge in [-0.25, -0.2) is 9.78 Å². The van der Waals surface area contributed by atoms with E-state index in [2.05, 4.69) is 20.6 Å². The summed E-state index contributed by atoms with van der Waals surface area (Å²) in [6.07, 6.45) is 3.51. The average Bonchev–Trinajstić information content (AvgIpc) is 2.28. The van der Waals surface area contributed by atoms with E-state index in [9.17, 15) is 9.59 Å². The molecular formula is C11H16N4O3. The van der Waals surface area contributed by atoms with Crippen LogP contribution in [0.1, 0.15) is 20.3 Å². The van der Waals surface area contributed by atoms with Gasteiger partial charge in [0.15, 0.2) is 5.82 Å². The highest BCUT2D eigenvalue weighted by Crippen LogP contribution is 2.07. The summed E-state index contributed by atoms with van der Waals surface area (Å²) in [6.45, 7) is 3.82. The molecule has 1 aromatic rings. The van der Waals surface area contributed by atoms with Crippen molar-refractivity contribution in [2.24, 2.45) is 5.92 Å². The first-order valence-electron chi connectivity index (χ1n) is 5.55. The molecule has 18 heavy (non-hydrogen) atoms. The molecule has 0 aliphatic heterocycles. The third-order valence-corrected chi connectivity index (χ3v) is 2.14. The van der Waals surface area contributed by atoms with E-state index < -0.39 is 18.0 Å².